The van der Waals surface area contributed by atoms with Crippen molar-refractivity contribution in [3.8, 4) is 0 Å². The number of piperazine rings is 1. The van der Waals surface area contributed by atoms with Gasteiger partial charge >= 0.3 is 0 Å². The van der Waals surface area contributed by atoms with Crippen LogP contribution in [0.4, 0.5) is 50.4 Å². The molecule has 0 aliphatic carbocycles. The van der Waals surface area contributed by atoms with Crippen LogP contribution in [0.15, 0.2) is 42.5 Å². The first kappa shape index (κ1) is 30.9. The number of benzene rings is 3. The summed E-state index contributed by atoms with van der Waals surface area (Å²) in [5.74, 6) is -10.5. The Labute approximate surface area is 253 Å². The minimum absolute atomic E-state index is 0.0125. The number of carbonyl (C=O) groups excluding carboxylic acids is 1. The molecule has 0 spiro atoms. The summed E-state index contributed by atoms with van der Waals surface area (Å²) in [5, 5.41) is 16.7. The molecule has 3 aromatic rings. The summed E-state index contributed by atoms with van der Waals surface area (Å²) < 4.78 is 74.5. The second kappa shape index (κ2) is 13.0. The number of hydrogen-bond acceptors (Lipinski definition) is 8. The fourth-order valence-electron chi connectivity index (χ4n) is 5.05. The Kier molecular flexibility index (Phi) is 9.10. The number of thiocarbonyl (C=S) groups is 1. The number of nitro groups is 1. The molecule has 0 aromatic heterocycles. The first-order valence-corrected chi connectivity index (χ1v) is 13.8. The van der Waals surface area contributed by atoms with E-state index in [1.807, 2.05) is 9.80 Å². The van der Waals surface area contributed by atoms with E-state index in [0.29, 0.717) is 37.7 Å². The molecule has 0 unspecified atom stereocenters. The predicted octanol–water partition coefficient (Wildman–Crippen LogP) is 4.58. The monoisotopic (exact) mass is 636 g/mol. The van der Waals surface area contributed by atoms with Crippen molar-refractivity contribution in [2.75, 3.05) is 72.5 Å². The Bertz CT molecular complexity index is 1570. The normalized spacial score (nSPS) is 15.2. The molecule has 0 bridgehead atoms. The lowest BCUT2D eigenvalue weighted by Crippen LogP contribution is -2.47. The number of nitrogens with zero attached hydrogens (tertiary/aromatic N) is 4. The minimum atomic E-state index is -2.20. The fraction of sp³-hybridized carbons (Fsp3) is 0.286. The number of amides is 1. The number of halogens is 5. The van der Waals surface area contributed by atoms with E-state index in [0.717, 1.165) is 10.6 Å². The van der Waals surface area contributed by atoms with Crippen molar-refractivity contribution in [1.82, 2.24) is 5.32 Å². The van der Waals surface area contributed by atoms with Crippen LogP contribution in [0.5, 0.6) is 0 Å². The Balaban J connectivity index is 1.20. The maximum atomic E-state index is 14.2. The molecule has 2 fully saturated rings. The smallest absolute Gasteiger partial charge is 0.270 e. The SMILES string of the molecule is O=C(NC(=S)Nc1ccc(N2CCN(c3c(F)c(F)c(F)c(F)c3F)CC2)cc1)c1cc([N+](=O)[O-])ccc1N1CCOCC1. The van der Waals surface area contributed by atoms with Gasteiger partial charge in [0.15, 0.2) is 28.4 Å². The van der Waals surface area contributed by atoms with Gasteiger partial charge in [-0.05, 0) is 42.5 Å². The minimum Gasteiger partial charge on any atom is -0.378 e. The number of anilines is 4. The van der Waals surface area contributed by atoms with Crippen LogP contribution >= 0.6 is 12.2 Å². The van der Waals surface area contributed by atoms with Crippen LogP contribution in [0.25, 0.3) is 0 Å². The lowest BCUT2D eigenvalue weighted by Gasteiger charge is -2.37. The molecule has 2 N–H and O–H groups in total. The number of nitro benzene ring substituents is 1. The van der Waals surface area contributed by atoms with E-state index in [2.05, 4.69) is 10.6 Å². The molecule has 0 saturated carbocycles. The highest BCUT2D eigenvalue weighted by Crippen LogP contribution is 2.32. The van der Waals surface area contributed by atoms with Gasteiger partial charge in [-0.2, -0.15) is 0 Å². The van der Waals surface area contributed by atoms with Gasteiger partial charge in [0.25, 0.3) is 11.6 Å². The third kappa shape index (κ3) is 6.35. The van der Waals surface area contributed by atoms with Gasteiger partial charge in [0.2, 0.25) is 5.82 Å². The van der Waals surface area contributed by atoms with Crippen molar-refractivity contribution in [2.45, 2.75) is 0 Å². The third-order valence-electron chi connectivity index (χ3n) is 7.29. The third-order valence-corrected chi connectivity index (χ3v) is 7.49. The summed E-state index contributed by atoms with van der Waals surface area (Å²) in [7, 11) is 0. The first-order chi connectivity index (χ1) is 21.0. The molecule has 2 aliphatic heterocycles. The van der Waals surface area contributed by atoms with Crippen molar-refractivity contribution < 1.29 is 36.4 Å². The van der Waals surface area contributed by atoms with Crippen molar-refractivity contribution in [3.05, 3.63) is 87.2 Å². The second-order valence-electron chi connectivity index (χ2n) is 9.91. The lowest BCUT2D eigenvalue weighted by molar-refractivity contribution is -0.384. The molecule has 44 heavy (non-hydrogen) atoms. The quantitative estimate of drug-likeness (QED) is 0.101. The summed E-state index contributed by atoms with van der Waals surface area (Å²) in [6.07, 6.45) is 0. The summed E-state index contributed by atoms with van der Waals surface area (Å²) in [6.45, 7) is 2.45. The number of nitrogens with one attached hydrogen (secondary N) is 2. The molecule has 0 radical (unpaired) electrons. The average Bonchev–Trinajstić information content (AvgIpc) is 3.03. The molecule has 2 saturated heterocycles. The van der Waals surface area contributed by atoms with Crippen LogP contribution in [0.2, 0.25) is 0 Å². The highest BCUT2D eigenvalue weighted by Gasteiger charge is 2.31. The average molecular weight is 637 g/mol. The molecular formula is C28H25F5N6O4S. The van der Waals surface area contributed by atoms with E-state index < -0.39 is 45.6 Å². The Morgan fingerprint density at radius 2 is 1.36 bits per heavy atom. The van der Waals surface area contributed by atoms with E-state index in [1.165, 1.54) is 18.2 Å². The van der Waals surface area contributed by atoms with Crippen LogP contribution in [-0.2, 0) is 4.74 Å². The number of ether oxygens (including phenoxy) is 1. The van der Waals surface area contributed by atoms with Crippen molar-refractivity contribution in [3.63, 3.8) is 0 Å². The number of morpholine rings is 1. The van der Waals surface area contributed by atoms with Crippen molar-refractivity contribution in [1.29, 1.82) is 0 Å². The van der Waals surface area contributed by atoms with Gasteiger partial charge in [-0.25, -0.2) is 22.0 Å². The Hall–Kier alpha value is -4.57. The highest BCUT2D eigenvalue weighted by molar-refractivity contribution is 7.80. The van der Waals surface area contributed by atoms with Gasteiger partial charge in [-0.3, -0.25) is 20.2 Å². The molecule has 3 aromatic carbocycles. The highest BCUT2D eigenvalue weighted by atomic mass is 32.1. The molecule has 16 heteroatoms. The van der Waals surface area contributed by atoms with Crippen molar-refractivity contribution >= 4 is 51.7 Å². The lowest BCUT2D eigenvalue weighted by atomic mass is 10.1. The fourth-order valence-corrected chi connectivity index (χ4v) is 5.26. The number of non-ortho nitro benzene ring substituents is 1. The zero-order valence-corrected chi connectivity index (χ0v) is 23.7. The van der Waals surface area contributed by atoms with Crippen LogP contribution in [0.1, 0.15) is 10.4 Å². The van der Waals surface area contributed by atoms with Gasteiger partial charge < -0.3 is 24.8 Å². The van der Waals surface area contributed by atoms with E-state index in [9.17, 15) is 36.9 Å². The Morgan fingerprint density at radius 3 is 1.95 bits per heavy atom. The van der Waals surface area contributed by atoms with Gasteiger partial charge in [0, 0.05) is 62.8 Å². The van der Waals surface area contributed by atoms with E-state index >= 15 is 0 Å². The molecular weight excluding hydrogens is 611 g/mol. The zero-order valence-electron chi connectivity index (χ0n) is 22.9. The molecule has 5 rings (SSSR count). The van der Waals surface area contributed by atoms with E-state index in [-0.39, 0.29) is 42.5 Å². The molecule has 10 nitrogen and oxygen atoms in total. The molecule has 0 atom stereocenters. The van der Waals surface area contributed by atoms with Crippen LogP contribution in [-0.4, -0.2) is 68.4 Å². The summed E-state index contributed by atoms with van der Waals surface area (Å²) in [6, 6.07) is 10.9. The summed E-state index contributed by atoms with van der Waals surface area (Å²) in [5.41, 5.74) is 0.670. The molecule has 2 aliphatic rings. The van der Waals surface area contributed by atoms with Gasteiger partial charge in [0.05, 0.1) is 29.4 Å². The molecule has 232 valence electrons. The van der Waals surface area contributed by atoms with Gasteiger partial charge in [-0.1, -0.05) is 0 Å². The standard InChI is InChI=1S/C28H25F5N6O4S/c29-21-22(30)24(32)26(25(33)23(21)31)38-9-7-36(8-10-38)17-3-1-16(2-4-17)34-28(44)35-27(40)19-15-18(39(41)42)5-6-20(19)37-11-13-43-14-12-37/h1-6,15H,7-14H2,(H2,34,35,40,44). The van der Waals surface area contributed by atoms with Gasteiger partial charge in [0.1, 0.15) is 5.69 Å². The summed E-state index contributed by atoms with van der Waals surface area (Å²) >= 11 is 5.30. The zero-order chi connectivity index (χ0) is 31.5. The maximum absolute atomic E-state index is 14.2. The maximum Gasteiger partial charge on any atom is 0.270 e. The molecule has 1 amide bonds. The number of carbonyl (C=O) groups is 1. The van der Waals surface area contributed by atoms with Crippen LogP contribution in [0, 0.1) is 39.2 Å². The largest absolute Gasteiger partial charge is 0.378 e. The number of hydrogen-bond donors (Lipinski definition) is 2. The van der Waals surface area contributed by atoms with Gasteiger partial charge in [-0.15, -0.1) is 0 Å². The first-order valence-electron chi connectivity index (χ1n) is 13.4. The summed E-state index contributed by atoms with van der Waals surface area (Å²) in [4.78, 5) is 28.8. The second-order valence-corrected chi connectivity index (χ2v) is 10.3. The predicted molar refractivity (Wildman–Crippen MR) is 157 cm³/mol. The van der Waals surface area contributed by atoms with Crippen LogP contribution in [0.3, 0.4) is 0 Å². The Morgan fingerprint density at radius 1 is 0.795 bits per heavy atom. The van der Waals surface area contributed by atoms with Crippen molar-refractivity contribution in [2.24, 2.45) is 0 Å². The van der Waals surface area contributed by atoms with E-state index in [4.69, 9.17) is 17.0 Å². The van der Waals surface area contributed by atoms with E-state index in [1.54, 1.807) is 24.3 Å². The molecule has 2 heterocycles. The van der Waals surface area contributed by atoms with Crippen LogP contribution < -0.4 is 25.3 Å². The number of rotatable bonds is 6. The topological polar surface area (TPSA) is 103 Å².